The van der Waals surface area contributed by atoms with Gasteiger partial charge in [0, 0.05) is 24.0 Å². The molecule has 1 atom stereocenters. The third-order valence-corrected chi connectivity index (χ3v) is 5.50. The lowest BCUT2D eigenvalue weighted by atomic mass is 9.88. The van der Waals surface area contributed by atoms with E-state index in [9.17, 15) is 9.59 Å². The fourth-order valence-electron chi connectivity index (χ4n) is 3.86. The molecule has 1 aromatic rings. The first-order chi connectivity index (χ1) is 13.2. The van der Waals surface area contributed by atoms with Crippen molar-refractivity contribution in [2.45, 2.75) is 103 Å². The number of rotatable bonds is 13. The Morgan fingerprint density at radius 3 is 2.19 bits per heavy atom. The lowest BCUT2D eigenvalue weighted by molar-refractivity contribution is -0.150. The van der Waals surface area contributed by atoms with Crippen molar-refractivity contribution in [3.63, 3.8) is 0 Å². The van der Waals surface area contributed by atoms with Crippen LogP contribution in [0.5, 0.6) is 0 Å². The highest BCUT2D eigenvalue weighted by Crippen LogP contribution is 2.32. The van der Waals surface area contributed by atoms with Crippen LogP contribution in [-0.2, 0) is 9.53 Å². The number of hydrogen-bond donors (Lipinski definition) is 0. The predicted octanol–water partition coefficient (Wildman–Crippen LogP) is 6.95. The van der Waals surface area contributed by atoms with Crippen LogP contribution in [0.4, 0.5) is 0 Å². The molecule has 3 heteroatoms. The zero-order valence-corrected chi connectivity index (χ0v) is 17.0. The molecule has 0 unspecified atom stereocenters. The minimum absolute atomic E-state index is 0.125. The predicted molar refractivity (Wildman–Crippen MR) is 110 cm³/mol. The average Bonchev–Trinajstić information content (AvgIpc) is 2.68. The van der Waals surface area contributed by atoms with Crippen molar-refractivity contribution in [2.24, 2.45) is 0 Å². The number of ketones is 1. The van der Waals surface area contributed by atoms with Gasteiger partial charge in [-0.3, -0.25) is 9.59 Å². The fraction of sp³-hybridized carbons (Fsp3) is 0.667. The van der Waals surface area contributed by atoms with Crippen LogP contribution >= 0.6 is 0 Å². The maximum atomic E-state index is 12.2. The summed E-state index contributed by atoms with van der Waals surface area (Å²) in [6.45, 7) is 2.25. The maximum absolute atomic E-state index is 12.2. The van der Waals surface area contributed by atoms with Crippen molar-refractivity contribution in [3.05, 3.63) is 35.4 Å². The van der Waals surface area contributed by atoms with Crippen LogP contribution in [-0.4, -0.2) is 11.8 Å². The number of hydrogen-bond acceptors (Lipinski definition) is 3. The quantitative estimate of drug-likeness (QED) is 0.278. The van der Waals surface area contributed by atoms with E-state index in [1.165, 1.54) is 57.8 Å². The van der Waals surface area contributed by atoms with E-state index in [0.29, 0.717) is 19.3 Å². The van der Waals surface area contributed by atoms with Gasteiger partial charge in [-0.1, -0.05) is 95.4 Å². The van der Waals surface area contributed by atoms with Crippen molar-refractivity contribution < 1.29 is 14.3 Å². The molecule has 0 saturated heterocycles. The van der Waals surface area contributed by atoms with Gasteiger partial charge >= 0.3 is 5.97 Å². The molecule has 0 N–H and O–H groups in total. The summed E-state index contributed by atoms with van der Waals surface area (Å²) in [5.41, 5.74) is 1.59. The largest absolute Gasteiger partial charge is 0.457 e. The van der Waals surface area contributed by atoms with E-state index in [2.05, 4.69) is 6.92 Å². The Morgan fingerprint density at radius 1 is 0.926 bits per heavy atom. The molecule has 3 nitrogen and oxygen atoms in total. The van der Waals surface area contributed by atoms with E-state index in [1.807, 2.05) is 24.3 Å². The highest BCUT2D eigenvalue weighted by atomic mass is 16.5. The van der Waals surface area contributed by atoms with E-state index in [0.717, 1.165) is 24.0 Å². The molecule has 1 aromatic carbocycles. The summed E-state index contributed by atoms with van der Waals surface area (Å²) in [5.74, 6) is 0.0309. The summed E-state index contributed by atoms with van der Waals surface area (Å²) in [6.07, 6.45) is 15.3. The Balaban J connectivity index is 1.53. The third-order valence-electron chi connectivity index (χ3n) is 5.50. The molecule has 27 heavy (non-hydrogen) atoms. The van der Waals surface area contributed by atoms with E-state index in [1.54, 1.807) is 0 Å². The second-order valence-electron chi connectivity index (χ2n) is 7.81. The standard InChI is InChI=1S/C24H36O3/c1-2-3-4-5-6-7-8-9-10-11-12-17-24(26)27-23-19-18-22(25)20-15-13-14-16-21(20)23/h13-16,23H,2-12,17-19H2,1H3/t23-/m0/s1. The monoisotopic (exact) mass is 372 g/mol. The molecule has 0 radical (unpaired) electrons. The number of unbranched alkanes of at least 4 members (excludes halogenated alkanes) is 10. The number of benzene rings is 1. The van der Waals surface area contributed by atoms with Crippen LogP contribution in [0.3, 0.4) is 0 Å². The molecule has 0 saturated carbocycles. The topological polar surface area (TPSA) is 43.4 Å². The minimum Gasteiger partial charge on any atom is -0.457 e. The van der Waals surface area contributed by atoms with Crippen LogP contribution in [0.25, 0.3) is 0 Å². The van der Waals surface area contributed by atoms with Crippen molar-refractivity contribution in [2.75, 3.05) is 0 Å². The average molecular weight is 373 g/mol. The van der Waals surface area contributed by atoms with Gasteiger partial charge in [0.05, 0.1) is 0 Å². The highest BCUT2D eigenvalue weighted by molar-refractivity contribution is 5.98. The second kappa shape index (κ2) is 12.7. The summed E-state index contributed by atoms with van der Waals surface area (Å²) in [5, 5.41) is 0. The van der Waals surface area contributed by atoms with Crippen molar-refractivity contribution in [1.82, 2.24) is 0 Å². The lowest BCUT2D eigenvalue weighted by Gasteiger charge is -2.24. The Labute approximate surface area is 164 Å². The Hall–Kier alpha value is -1.64. The molecular weight excluding hydrogens is 336 g/mol. The second-order valence-corrected chi connectivity index (χ2v) is 7.81. The number of ether oxygens (including phenoxy) is 1. The highest BCUT2D eigenvalue weighted by Gasteiger charge is 2.27. The number of Topliss-reactive ketones (excluding diaryl/α,β-unsaturated/α-hetero) is 1. The van der Waals surface area contributed by atoms with Gasteiger partial charge in [-0.15, -0.1) is 0 Å². The molecule has 0 amide bonds. The molecule has 0 spiro atoms. The maximum Gasteiger partial charge on any atom is 0.306 e. The summed E-state index contributed by atoms with van der Waals surface area (Å²) in [4.78, 5) is 24.1. The van der Waals surface area contributed by atoms with Gasteiger partial charge in [0.25, 0.3) is 0 Å². The van der Waals surface area contributed by atoms with Crippen LogP contribution in [0.2, 0.25) is 0 Å². The normalized spacial score (nSPS) is 16.2. The first-order valence-corrected chi connectivity index (χ1v) is 11.0. The van der Waals surface area contributed by atoms with Gasteiger partial charge in [-0.05, 0) is 12.8 Å². The van der Waals surface area contributed by atoms with E-state index >= 15 is 0 Å². The Kier molecular flexibility index (Phi) is 10.2. The van der Waals surface area contributed by atoms with Crippen LogP contribution in [0.15, 0.2) is 24.3 Å². The molecule has 150 valence electrons. The van der Waals surface area contributed by atoms with Gasteiger partial charge in [-0.25, -0.2) is 0 Å². The summed E-state index contributed by atoms with van der Waals surface area (Å²) < 4.78 is 5.67. The van der Waals surface area contributed by atoms with Gasteiger partial charge < -0.3 is 4.74 Å². The Morgan fingerprint density at radius 2 is 1.52 bits per heavy atom. The number of fused-ring (bicyclic) bond motifs is 1. The molecule has 0 bridgehead atoms. The SMILES string of the molecule is CCCCCCCCCCCCCC(=O)O[C@H]1CCC(=O)c2ccccc21. The van der Waals surface area contributed by atoms with Crippen LogP contribution < -0.4 is 0 Å². The number of esters is 1. The molecule has 0 aliphatic heterocycles. The molecular formula is C24H36O3. The molecule has 1 aliphatic rings. The van der Waals surface area contributed by atoms with E-state index in [4.69, 9.17) is 4.74 Å². The molecule has 1 aliphatic carbocycles. The molecule has 0 aromatic heterocycles. The van der Waals surface area contributed by atoms with Gasteiger partial charge in [-0.2, -0.15) is 0 Å². The molecule has 0 fully saturated rings. The van der Waals surface area contributed by atoms with E-state index < -0.39 is 0 Å². The first-order valence-electron chi connectivity index (χ1n) is 11.0. The summed E-state index contributed by atoms with van der Waals surface area (Å²) in [6, 6.07) is 7.52. The smallest absolute Gasteiger partial charge is 0.306 e. The van der Waals surface area contributed by atoms with Crippen molar-refractivity contribution in [3.8, 4) is 0 Å². The van der Waals surface area contributed by atoms with Gasteiger partial charge in [0.1, 0.15) is 6.10 Å². The molecule has 2 rings (SSSR count). The number of carbonyl (C=O) groups excluding carboxylic acids is 2. The van der Waals surface area contributed by atoms with Crippen LogP contribution in [0.1, 0.15) is 119 Å². The molecule has 0 heterocycles. The first kappa shape index (κ1) is 21.7. The third kappa shape index (κ3) is 7.86. The lowest BCUT2D eigenvalue weighted by Crippen LogP contribution is -2.20. The van der Waals surface area contributed by atoms with Gasteiger partial charge in [0.2, 0.25) is 0 Å². The summed E-state index contributed by atoms with van der Waals surface area (Å²) in [7, 11) is 0. The van der Waals surface area contributed by atoms with E-state index in [-0.39, 0.29) is 17.9 Å². The zero-order valence-electron chi connectivity index (χ0n) is 17.0. The van der Waals surface area contributed by atoms with Crippen LogP contribution in [0, 0.1) is 0 Å². The van der Waals surface area contributed by atoms with Crippen molar-refractivity contribution >= 4 is 11.8 Å². The minimum atomic E-state index is -0.251. The zero-order chi connectivity index (χ0) is 19.3. The van der Waals surface area contributed by atoms with Crippen molar-refractivity contribution in [1.29, 1.82) is 0 Å². The van der Waals surface area contributed by atoms with Gasteiger partial charge in [0.15, 0.2) is 5.78 Å². The number of carbonyl (C=O) groups is 2. The fourth-order valence-corrected chi connectivity index (χ4v) is 3.86. The Bertz CT molecular complexity index is 579. The summed E-state index contributed by atoms with van der Waals surface area (Å²) >= 11 is 0.